The molecule has 0 aliphatic carbocycles. The van der Waals surface area contributed by atoms with Crippen molar-refractivity contribution in [2.45, 2.75) is 52.0 Å². The van der Waals surface area contributed by atoms with Gasteiger partial charge in [-0.1, -0.05) is 44.9 Å². The molecule has 20 heavy (non-hydrogen) atoms. The summed E-state index contributed by atoms with van der Waals surface area (Å²) >= 11 is 0. The van der Waals surface area contributed by atoms with Crippen molar-refractivity contribution in [3.63, 3.8) is 0 Å². The molecule has 1 aromatic carbocycles. The molecule has 0 spiro atoms. The lowest BCUT2D eigenvalue weighted by Crippen LogP contribution is -2.48. The molecule has 110 valence electrons. The van der Waals surface area contributed by atoms with Crippen LogP contribution in [-0.4, -0.2) is 18.5 Å². The summed E-state index contributed by atoms with van der Waals surface area (Å²) in [7, 11) is 0. The quantitative estimate of drug-likeness (QED) is 0.896. The Labute approximate surface area is 122 Å². The van der Waals surface area contributed by atoms with Gasteiger partial charge in [0.1, 0.15) is 0 Å². The Morgan fingerprint density at radius 3 is 2.60 bits per heavy atom. The number of benzene rings is 1. The summed E-state index contributed by atoms with van der Waals surface area (Å²) in [4.78, 5) is 14.8. The lowest BCUT2D eigenvalue weighted by molar-refractivity contribution is -0.123. The van der Waals surface area contributed by atoms with Gasteiger partial charge in [0.25, 0.3) is 0 Å². The zero-order chi connectivity index (χ0) is 14.5. The van der Waals surface area contributed by atoms with Crippen LogP contribution in [0.5, 0.6) is 0 Å². The maximum Gasteiger partial charge on any atom is 0.230 e. The second kappa shape index (κ2) is 6.89. The van der Waals surface area contributed by atoms with Gasteiger partial charge in [0.15, 0.2) is 0 Å². The van der Waals surface area contributed by atoms with Crippen LogP contribution in [0.15, 0.2) is 24.3 Å². The SMILES string of the molecule is CCCC(CCC)C(=O)N1CC(N)Cc2ccccc21. The van der Waals surface area contributed by atoms with Crippen LogP contribution >= 0.6 is 0 Å². The topological polar surface area (TPSA) is 46.3 Å². The first-order chi connectivity index (χ1) is 9.67. The third-order valence-electron chi connectivity index (χ3n) is 4.07. The molecular weight excluding hydrogens is 248 g/mol. The number of rotatable bonds is 5. The van der Waals surface area contributed by atoms with Crippen LogP contribution in [0.1, 0.15) is 45.1 Å². The van der Waals surface area contributed by atoms with Gasteiger partial charge in [-0.25, -0.2) is 0 Å². The van der Waals surface area contributed by atoms with Crippen molar-refractivity contribution in [2.24, 2.45) is 11.7 Å². The number of carbonyl (C=O) groups excluding carboxylic acids is 1. The number of hydrogen-bond donors (Lipinski definition) is 1. The molecule has 1 heterocycles. The molecule has 2 rings (SSSR count). The molecule has 3 nitrogen and oxygen atoms in total. The molecule has 1 aromatic rings. The lowest BCUT2D eigenvalue weighted by atomic mass is 9.93. The Hall–Kier alpha value is -1.35. The maximum atomic E-state index is 12.9. The molecule has 0 aromatic heterocycles. The Morgan fingerprint density at radius 1 is 1.30 bits per heavy atom. The number of carbonyl (C=O) groups is 1. The van der Waals surface area contributed by atoms with E-state index in [1.165, 1.54) is 5.56 Å². The van der Waals surface area contributed by atoms with Gasteiger partial charge in [-0.3, -0.25) is 4.79 Å². The first-order valence-electron chi connectivity index (χ1n) is 7.82. The van der Waals surface area contributed by atoms with Gasteiger partial charge in [0.2, 0.25) is 5.91 Å². The van der Waals surface area contributed by atoms with E-state index in [4.69, 9.17) is 5.73 Å². The molecule has 0 saturated carbocycles. The average Bonchev–Trinajstić information content (AvgIpc) is 2.45. The Morgan fingerprint density at radius 2 is 1.95 bits per heavy atom. The second-order valence-electron chi connectivity index (χ2n) is 5.82. The van der Waals surface area contributed by atoms with Gasteiger partial charge in [-0.2, -0.15) is 0 Å². The van der Waals surface area contributed by atoms with Gasteiger partial charge in [-0.15, -0.1) is 0 Å². The fraction of sp³-hybridized carbons (Fsp3) is 0.588. The fourth-order valence-electron chi connectivity index (χ4n) is 3.14. The van der Waals surface area contributed by atoms with E-state index in [2.05, 4.69) is 19.9 Å². The average molecular weight is 274 g/mol. The van der Waals surface area contributed by atoms with Crippen molar-refractivity contribution in [1.82, 2.24) is 0 Å². The molecule has 1 aliphatic heterocycles. The fourth-order valence-corrected chi connectivity index (χ4v) is 3.14. The highest BCUT2D eigenvalue weighted by Gasteiger charge is 2.30. The van der Waals surface area contributed by atoms with Crippen molar-refractivity contribution in [2.75, 3.05) is 11.4 Å². The summed E-state index contributed by atoms with van der Waals surface area (Å²) in [6.45, 7) is 4.94. The minimum atomic E-state index is 0.0535. The third-order valence-corrected chi connectivity index (χ3v) is 4.07. The molecule has 0 saturated heterocycles. The van der Waals surface area contributed by atoms with E-state index in [1.807, 2.05) is 23.1 Å². The molecule has 1 amide bonds. The zero-order valence-electron chi connectivity index (χ0n) is 12.6. The number of nitrogens with zero attached hydrogens (tertiary/aromatic N) is 1. The highest BCUT2D eigenvalue weighted by Crippen LogP contribution is 2.29. The van der Waals surface area contributed by atoms with Crippen LogP contribution in [0.4, 0.5) is 5.69 Å². The van der Waals surface area contributed by atoms with Crippen molar-refractivity contribution in [1.29, 1.82) is 0 Å². The van der Waals surface area contributed by atoms with Crippen LogP contribution in [0, 0.1) is 5.92 Å². The monoisotopic (exact) mass is 274 g/mol. The first kappa shape index (κ1) is 15.0. The number of hydrogen-bond acceptors (Lipinski definition) is 2. The molecule has 1 aliphatic rings. The summed E-state index contributed by atoms with van der Waals surface area (Å²) in [5.74, 6) is 0.402. The maximum absolute atomic E-state index is 12.9. The van der Waals surface area contributed by atoms with Gasteiger partial charge in [-0.05, 0) is 30.9 Å². The van der Waals surface area contributed by atoms with Crippen molar-refractivity contribution in [3.8, 4) is 0 Å². The normalized spacial score (nSPS) is 18.2. The summed E-state index contributed by atoms with van der Waals surface area (Å²) in [5, 5.41) is 0. The Balaban J connectivity index is 2.24. The van der Waals surface area contributed by atoms with Crippen LogP contribution in [0.2, 0.25) is 0 Å². The number of amides is 1. The third kappa shape index (κ3) is 3.21. The highest BCUT2D eigenvalue weighted by molar-refractivity contribution is 5.96. The molecule has 0 fully saturated rings. The predicted molar refractivity (Wildman–Crippen MR) is 83.8 cm³/mol. The van der Waals surface area contributed by atoms with E-state index in [0.717, 1.165) is 37.8 Å². The van der Waals surface area contributed by atoms with Crippen molar-refractivity contribution >= 4 is 11.6 Å². The van der Waals surface area contributed by atoms with E-state index >= 15 is 0 Å². The second-order valence-corrected chi connectivity index (χ2v) is 5.82. The van der Waals surface area contributed by atoms with Gasteiger partial charge < -0.3 is 10.6 Å². The minimum Gasteiger partial charge on any atom is -0.326 e. The molecular formula is C17H26N2O. The van der Waals surface area contributed by atoms with Gasteiger partial charge in [0, 0.05) is 24.2 Å². The van der Waals surface area contributed by atoms with Gasteiger partial charge in [0.05, 0.1) is 0 Å². The minimum absolute atomic E-state index is 0.0535. The van der Waals surface area contributed by atoms with Crippen LogP contribution in [0.25, 0.3) is 0 Å². The van der Waals surface area contributed by atoms with E-state index in [0.29, 0.717) is 6.54 Å². The zero-order valence-corrected chi connectivity index (χ0v) is 12.6. The molecule has 1 atom stereocenters. The summed E-state index contributed by atoms with van der Waals surface area (Å²) in [5.41, 5.74) is 8.40. The number of para-hydroxylation sites is 1. The highest BCUT2D eigenvalue weighted by atomic mass is 16.2. The van der Waals surface area contributed by atoms with E-state index in [-0.39, 0.29) is 17.9 Å². The van der Waals surface area contributed by atoms with E-state index in [1.54, 1.807) is 0 Å². The standard InChI is InChI=1S/C17H26N2O/c1-3-7-13(8-4-2)17(20)19-12-15(18)11-14-9-5-6-10-16(14)19/h5-6,9-10,13,15H,3-4,7-8,11-12,18H2,1-2H3. The largest absolute Gasteiger partial charge is 0.326 e. The molecule has 1 unspecified atom stereocenters. The first-order valence-corrected chi connectivity index (χ1v) is 7.82. The van der Waals surface area contributed by atoms with E-state index in [9.17, 15) is 4.79 Å². The Kier molecular flexibility index (Phi) is 5.18. The van der Waals surface area contributed by atoms with Crippen LogP contribution in [0.3, 0.4) is 0 Å². The van der Waals surface area contributed by atoms with Crippen molar-refractivity contribution < 1.29 is 4.79 Å². The smallest absolute Gasteiger partial charge is 0.230 e. The number of anilines is 1. The molecule has 0 radical (unpaired) electrons. The van der Waals surface area contributed by atoms with Crippen LogP contribution in [-0.2, 0) is 11.2 Å². The number of nitrogens with two attached hydrogens (primary N) is 1. The van der Waals surface area contributed by atoms with Gasteiger partial charge >= 0.3 is 0 Å². The summed E-state index contributed by atoms with van der Waals surface area (Å²) in [6.07, 6.45) is 4.92. The van der Waals surface area contributed by atoms with Crippen LogP contribution < -0.4 is 10.6 Å². The lowest BCUT2D eigenvalue weighted by Gasteiger charge is -2.35. The molecule has 2 N–H and O–H groups in total. The summed E-state index contributed by atoms with van der Waals surface area (Å²) < 4.78 is 0. The van der Waals surface area contributed by atoms with Crippen molar-refractivity contribution in [3.05, 3.63) is 29.8 Å². The van der Waals surface area contributed by atoms with E-state index < -0.39 is 0 Å². The predicted octanol–water partition coefficient (Wildman–Crippen LogP) is 3.12. The number of fused-ring (bicyclic) bond motifs is 1. The summed E-state index contributed by atoms with van der Waals surface area (Å²) in [6, 6.07) is 8.22. The Bertz CT molecular complexity index is 452. The molecule has 3 heteroatoms. The molecule has 0 bridgehead atoms.